The molecule has 1 N–H and O–H groups in total. The molecular weight excluding hydrogens is 198 g/mol. The molecule has 0 saturated carbocycles. The molecule has 0 amide bonds. The van der Waals surface area contributed by atoms with Gasteiger partial charge in [0.05, 0.1) is 11.5 Å². The second kappa shape index (κ2) is 4.73. The van der Waals surface area contributed by atoms with Gasteiger partial charge in [0, 0.05) is 18.6 Å². The molecule has 0 aromatic rings. The minimum absolute atomic E-state index is 0.229. The van der Waals surface area contributed by atoms with Gasteiger partial charge in [0.1, 0.15) is 0 Å². The van der Waals surface area contributed by atoms with E-state index >= 15 is 0 Å². The molecular formula is C13H23N3. The first-order chi connectivity index (χ1) is 7.61. The predicted octanol–water partition coefficient (Wildman–Crippen LogP) is 1.75. The van der Waals surface area contributed by atoms with Crippen molar-refractivity contribution in [3.8, 4) is 6.07 Å². The Bertz CT molecular complexity index is 279. The smallest absolute Gasteiger partial charge is 0.0697 e. The molecule has 2 aliphatic heterocycles. The molecule has 2 aliphatic rings. The lowest BCUT2D eigenvalue weighted by Gasteiger charge is -2.36. The van der Waals surface area contributed by atoms with E-state index in [9.17, 15) is 0 Å². The third-order valence-electron chi connectivity index (χ3n) is 3.96. The molecule has 3 heteroatoms. The highest BCUT2D eigenvalue weighted by Crippen LogP contribution is 2.27. The van der Waals surface area contributed by atoms with Gasteiger partial charge in [0.15, 0.2) is 0 Å². The number of hydrogen-bond donors (Lipinski definition) is 1. The number of hydrogen-bond acceptors (Lipinski definition) is 3. The number of fused-ring (bicyclic) bond motifs is 1. The summed E-state index contributed by atoms with van der Waals surface area (Å²) in [4.78, 5) is 2.63. The van der Waals surface area contributed by atoms with Crippen molar-refractivity contribution in [2.45, 2.75) is 51.6 Å². The van der Waals surface area contributed by atoms with E-state index in [1.165, 1.54) is 38.8 Å². The fourth-order valence-electron chi connectivity index (χ4n) is 2.85. The summed E-state index contributed by atoms with van der Waals surface area (Å²) in [6, 6.07) is 3.80. The molecule has 0 bridgehead atoms. The quantitative estimate of drug-likeness (QED) is 0.789. The number of nitrogens with zero attached hydrogens (tertiary/aromatic N) is 2. The molecule has 2 fully saturated rings. The van der Waals surface area contributed by atoms with Crippen LogP contribution in [0, 0.1) is 16.7 Å². The minimum Gasteiger partial charge on any atom is -0.312 e. The molecule has 0 spiro atoms. The average Bonchev–Trinajstić information content (AvgIpc) is 2.73. The molecule has 0 aromatic heterocycles. The van der Waals surface area contributed by atoms with Crippen molar-refractivity contribution in [3.63, 3.8) is 0 Å². The SMILES string of the molecule is CC(C)(C#N)CNC1CCN2CCCC2C1. The number of piperidine rings is 1. The Labute approximate surface area is 98.8 Å². The second-order valence-electron chi connectivity index (χ2n) is 5.93. The molecule has 2 saturated heterocycles. The lowest BCUT2D eigenvalue weighted by molar-refractivity contribution is 0.163. The fourth-order valence-corrected chi connectivity index (χ4v) is 2.85. The first-order valence-corrected chi connectivity index (χ1v) is 6.49. The van der Waals surface area contributed by atoms with Crippen molar-refractivity contribution in [2.75, 3.05) is 19.6 Å². The maximum Gasteiger partial charge on any atom is 0.0697 e. The van der Waals surface area contributed by atoms with Gasteiger partial charge in [0.2, 0.25) is 0 Å². The summed E-state index contributed by atoms with van der Waals surface area (Å²) in [5, 5.41) is 12.6. The van der Waals surface area contributed by atoms with Gasteiger partial charge in [-0.1, -0.05) is 0 Å². The normalized spacial score (nSPS) is 31.1. The first-order valence-electron chi connectivity index (χ1n) is 6.49. The summed E-state index contributed by atoms with van der Waals surface area (Å²) in [6.07, 6.45) is 5.28. The zero-order chi connectivity index (χ0) is 11.6. The maximum atomic E-state index is 8.98. The molecule has 16 heavy (non-hydrogen) atoms. The van der Waals surface area contributed by atoms with Gasteiger partial charge in [-0.25, -0.2) is 0 Å². The van der Waals surface area contributed by atoms with Crippen LogP contribution in [0.25, 0.3) is 0 Å². The van der Waals surface area contributed by atoms with Crippen LogP contribution < -0.4 is 5.32 Å². The van der Waals surface area contributed by atoms with Gasteiger partial charge >= 0.3 is 0 Å². The van der Waals surface area contributed by atoms with Crippen LogP contribution in [0.15, 0.2) is 0 Å². The molecule has 90 valence electrons. The standard InChI is InChI=1S/C13H23N3/c1-13(2,9-14)10-15-11-5-7-16-6-3-4-12(16)8-11/h11-12,15H,3-8,10H2,1-2H3. The van der Waals surface area contributed by atoms with Crippen LogP contribution in [0.4, 0.5) is 0 Å². The first kappa shape index (κ1) is 11.9. The molecule has 2 heterocycles. The van der Waals surface area contributed by atoms with E-state index in [1.807, 2.05) is 13.8 Å². The van der Waals surface area contributed by atoms with Crippen LogP contribution in [-0.2, 0) is 0 Å². The largest absolute Gasteiger partial charge is 0.312 e. The van der Waals surface area contributed by atoms with Gasteiger partial charge in [-0.15, -0.1) is 0 Å². The Morgan fingerprint density at radius 1 is 1.38 bits per heavy atom. The van der Waals surface area contributed by atoms with E-state index < -0.39 is 0 Å². The lowest BCUT2D eigenvalue weighted by Crippen LogP contribution is -2.47. The van der Waals surface area contributed by atoms with Gasteiger partial charge in [-0.2, -0.15) is 5.26 Å². The van der Waals surface area contributed by atoms with Crippen LogP contribution in [0.1, 0.15) is 39.5 Å². The summed E-state index contributed by atoms with van der Waals surface area (Å²) in [5.74, 6) is 0. The van der Waals surface area contributed by atoms with Crippen molar-refractivity contribution in [3.05, 3.63) is 0 Å². The molecule has 2 rings (SSSR count). The average molecular weight is 221 g/mol. The van der Waals surface area contributed by atoms with Crippen molar-refractivity contribution in [1.29, 1.82) is 5.26 Å². The Balaban J connectivity index is 1.78. The van der Waals surface area contributed by atoms with Crippen LogP contribution in [0.2, 0.25) is 0 Å². The Kier molecular flexibility index (Phi) is 3.51. The van der Waals surface area contributed by atoms with E-state index in [0.717, 1.165) is 12.6 Å². The molecule has 0 radical (unpaired) electrons. The summed E-state index contributed by atoms with van der Waals surface area (Å²) in [6.45, 7) is 7.38. The maximum absolute atomic E-state index is 8.98. The van der Waals surface area contributed by atoms with Gasteiger partial charge in [0.25, 0.3) is 0 Å². The highest BCUT2D eigenvalue weighted by molar-refractivity contribution is 4.95. The van der Waals surface area contributed by atoms with E-state index in [0.29, 0.717) is 6.04 Å². The van der Waals surface area contributed by atoms with Crippen LogP contribution in [0.5, 0.6) is 0 Å². The summed E-state index contributed by atoms with van der Waals surface area (Å²) in [5.41, 5.74) is -0.229. The Morgan fingerprint density at radius 2 is 2.19 bits per heavy atom. The van der Waals surface area contributed by atoms with Crippen molar-refractivity contribution in [1.82, 2.24) is 10.2 Å². The summed E-state index contributed by atoms with van der Waals surface area (Å²) < 4.78 is 0. The monoisotopic (exact) mass is 221 g/mol. The van der Waals surface area contributed by atoms with Crippen molar-refractivity contribution >= 4 is 0 Å². The summed E-state index contributed by atoms with van der Waals surface area (Å²) in [7, 11) is 0. The minimum atomic E-state index is -0.229. The second-order valence-corrected chi connectivity index (χ2v) is 5.93. The third kappa shape index (κ3) is 2.75. The van der Waals surface area contributed by atoms with E-state index in [4.69, 9.17) is 5.26 Å². The van der Waals surface area contributed by atoms with Crippen molar-refractivity contribution < 1.29 is 0 Å². The van der Waals surface area contributed by atoms with E-state index in [1.54, 1.807) is 0 Å². The zero-order valence-corrected chi connectivity index (χ0v) is 10.5. The molecule has 3 nitrogen and oxygen atoms in total. The van der Waals surface area contributed by atoms with E-state index in [-0.39, 0.29) is 5.41 Å². The van der Waals surface area contributed by atoms with Crippen LogP contribution in [-0.4, -0.2) is 36.6 Å². The van der Waals surface area contributed by atoms with Crippen molar-refractivity contribution in [2.24, 2.45) is 5.41 Å². The highest BCUT2D eigenvalue weighted by Gasteiger charge is 2.32. The zero-order valence-electron chi connectivity index (χ0n) is 10.5. The van der Waals surface area contributed by atoms with Crippen LogP contribution in [0.3, 0.4) is 0 Å². The fraction of sp³-hybridized carbons (Fsp3) is 0.923. The topological polar surface area (TPSA) is 39.1 Å². The van der Waals surface area contributed by atoms with Crippen LogP contribution >= 0.6 is 0 Å². The van der Waals surface area contributed by atoms with E-state index in [2.05, 4.69) is 16.3 Å². The highest BCUT2D eigenvalue weighted by atomic mass is 15.2. The van der Waals surface area contributed by atoms with Gasteiger partial charge < -0.3 is 10.2 Å². The predicted molar refractivity (Wildman–Crippen MR) is 65.0 cm³/mol. The van der Waals surface area contributed by atoms with Gasteiger partial charge in [-0.05, 0) is 52.6 Å². The van der Waals surface area contributed by atoms with Gasteiger partial charge in [-0.3, -0.25) is 0 Å². The Hall–Kier alpha value is -0.590. The number of rotatable bonds is 3. The molecule has 0 aliphatic carbocycles. The third-order valence-corrected chi connectivity index (χ3v) is 3.96. The molecule has 2 unspecified atom stereocenters. The lowest BCUT2D eigenvalue weighted by atomic mass is 9.93. The summed E-state index contributed by atoms with van der Waals surface area (Å²) >= 11 is 0. The molecule has 2 atom stereocenters. The molecule has 0 aromatic carbocycles. The number of nitrogens with one attached hydrogen (secondary N) is 1. The number of nitriles is 1. The Morgan fingerprint density at radius 3 is 2.94 bits per heavy atom.